The average Bonchev–Trinajstić information content (AvgIpc) is 2.86. The maximum absolute atomic E-state index is 13.3. The molecule has 0 saturated carbocycles. The van der Waals surface area contributed by atoms with Gasteiger partial charge in [0.25, 0.3) is 11.8 Å². The van der Waals surface area contributed by atoms with Gasteiger partial charge in [0.15, 0.2) is 0 Å². The van der Waals surface area contributed by atoms with Crippen molar-refractivity contribution in [3.63, 3.8) is 0 Å². The minimum Gasteiger partial charge on any atom is -0.395 e. The summed E-state index contributed by atoms with van der Waals surface area (Å²) in [5.41, 5.74) is 2.59. The van der Waals surface area contributed by atoms with Gasteiger partial charge in [-0.3, -0.25) is 14.4 Å². The Labute approximate surface area is 253 Å². The van der Waals surface area contributed by atoms with Crippen molar-refractivity contribution in [3.05, 3.63) is 21.8 Å². The number of nitrogens with one attached hydrogen (secondary N) is 3. The number of rotatable bonds is 14. The number of hydrogen-bond donors (Lipinski definition) is 10. The van der Waals surface area contributed by atoms with Gasteiger partial charge in [-0.2, -0.15) is 0 Å². The van der Waals surface area contributed by atoms with Gasteiger partial charge in [-0.25, -0.2) is 10.4 Å². The third-order valence-corrected chi connectivity index (χ3v) is 8.18. The van der Waals surface area contributed by atoms with Crippen LogP contribution in [0.4, 0.5) is 5.69 Å². The van der Waals surface area contributed by atoms with E-state index in [1.165, 1.54) is 6.92 Å². The van der Waals surface area contributed by atoms with Gasteiger partial charge in [-0.15, -0.1) is 0 Å². The highest BCUT2D eigenvalue weighted by atomic mass is 127. The molecule has 17 heteroatoms. The predicted octanol–water partition coefficient (Wildman–Crippen LogP) is -2.76. The molecular weight excluding hydrogens is 837 g/mol. The minimum atomic E-state index is -1.49. The van der Waals surface area contributed by atoms with Crippen LogP contribution in [0.25, 0.3) is 0 Å². The number of benzene rings is 1. The quantitative estimate of drug-likeness (QED) is 0.0681. The Balaban J connectivity index is 3.84. The third-order valence-electron chi connectivity index (χ3n) is 5.00. The molecule has 0 heterocycles. The van der Waals surface area contributed by atoms with E-state index < -0.39 is 68.4 Å². The first-order valence-electron chi connectivity index (χ1n) is 10.7. The van der Waals surface area contributed by atoms with Crippen molar-refractivity contribution in [2.45, 2.75) is 31.2 Å². The van der Waals surface area contributed by atoms with E-state index in [2.05, 4.69) is 16.1 Å². The predicted molar refractivity (Wildman–Crippen MR) is 156 cm³/mol. The lowest BCUT2D eigenvalue weighted by molar-refractivity contribution is -0.117. The molecule has 0 saturated heterocycles. The number of aliphatic hydroxyl groups excluding tert-OH is 7. The highest BCUT2D eigenvalue weighted by Crippen LogP contribution is 2.37. The first-order valence-corrected chi connectivity index (χ1v) is 13.9. The van der Waals surface area contributed by atoms with Crippen LogP contribution in [0.5, 0.6) is 0 Å². The minimum absolute atomic E-state index is 0.0503. The maximum atomic E-state index is 13.3. The fourth-order valence-electron chi connectivity index (χ4n) is 3.02. The Kier molecular flexibility index (Phi) is 15.5. The number of hydrazine groups is 1. The molecule has 0 fully saturated rings. The van der Waals surface area contributed by atoms with Crippen molar-refractivity contribution in [3.8, 4) is 0 Å². The van der Waals surface area contributed by atoms with E-state index in [-0.39, 0.29) is 40.7 Å². The van der Waals surface area contributed by atoms with Gasteiger partial charge in [0.1, 0.15) is 0 Å². The Bertz CT molecular complexity index is 912. The van der Waals surface area contributed by atoms with Crippen molar-refractivity contribution in [2.24, 2.45) is 0 Å². The fourth-order valence-corrected chi connectivity index (χ4v) is 7.65. The first-order chi connectivity index (χ1) is 17.4. The lowest BCUT2D eigenvalue weighted by Gasteiger charge is -2.29. The number of nitrogens with zero attached hydrogens (tertiary/aromatic N) is 1. The topological polar surface area (TPSA) is 232 Å². The largest absolute Gasteiger partial charge is 0.395 e. The Morgan fingerprint density at radius 1 is 0.757 bits per heavy atom. The second-order valence-corrected chi connectivity index (χ2v) is 10.8. The lowest BCUT2D eigenvalue weighted by Crippen LogP contribution is -2.49. The van der Waals surface area contributed by atoms with Crippen molar-refractivity contribution >= 4 is 91.2 Å². The lowest BCUT2D eigenvalue weighted by atomic mass is 10.0. The number of anilines is 1. The number of hydrogen-bond acceptors (Lipinski definition) is 11. The summed E-state index contributed by atoms with van der Waals surface area (Å²) in [4.78, 5) is 39.1. The standard InChI is InChI=1S/C20H29I3N4O10/c1-8(33)27(24-2-3-28)18-16(22)13(19(36)25-9(4-29)11(34)6-31)15(21)14(17(18)23)20(37)26-10(5-30)12(35)7-32/h9-12,24,28-32,34-35H,2-7H2,1H3,(H,25,36)(H,26,37). The fraction of sp³-hybridized carbons (Fsp3) is 0.550. The molecule has 0 radical (unpaired) electrons. The van der Waals surface area contributed by atoms with Crippen LogP contribution in [0.15, 0.2) is 0 Å². The van der Waals surface area contributed by atoms with Gasteiger partial charge in [0, 0.05) is 17.0 Å². The molecule has 0 spiro atoms. The van der Waals surface area contributed by atoms with Crippen molar-refractivity contribution in [1.29, 1.82) is 0 Å². The van der Waals surface area contributed by atoms with Crippen LogP contribution in [-0.2, 0) is 4.79 Å². The maximum Gasteiger partial charge on any atom is 0.253 e. The van der Waals surface area contributed by atoms with E-state index >= 15 is 0 Å². The third kappa shape index (κ3) is 8.74. The smallest absolute Gasteiger partial charge is 0.253 e. The van der Waals surface area contributed by atoms with Crippen LogP contribution in [0.2, 0.25) is 0 Å². The van der Waals surface area contributed by atoms with Crippen LogP contribution in [0, 0.1) is 10.7 Å². The number of halogens is 3. The number of carbonyl (C=O) groups excluding carboxylic acids is 3. The summed E-state index contributed by atoms with van der Waals surface area (Å²) in [5, 5.41) is 72.4. The summed E-state index contributed by atoms with van der Waals surface area (Å²) < 4.78 is 0.497. The molecule has 14 nitrogen and oxygen atoms in total. The molecule has 4 atom stereocenters. The van der Waals surface area contributed by atoms with E-state index in [9.17, 15) is 50.1 Å². The SMILES string of the molecule is CC(=O)N(NCCO)c1c(I)c(C(=O)NC(CO)C(O)CO)c(I)c(C(=O)NC(CO)C(O)CO)c1I. The molecule has 0 aliphatic rings. The monoisotopic (exact) mass is 866 g/mol. The molecule has 3 amide bonds. The van der Waals surface area contributed by atoms with Crippen molar-refractivity contribution in [1.82, 2.24) is 16.1 Å². The van der Waals surface area contributed by atoms with Crippen LogP contribution in [-0.4, -0.2) is 117 Å². The number of amides is 3. The molecule has 0 aliphatic heterocycles. The number of aliphatic hydroxyl groups is 7. The first kappa shape index (κ1) is 34.5. The Morgan fingerprint density at radius 2 is 1.16 bits per heavy atom. The van der Waals surface area contributed by atoms with Crippen LogP contribution >= 0.6 is 67.8 Å². The summed E-state index contributed by atoms with van der Waals surface area (Å²) in [6.45, 7) is -2.08. The van der Waals surface area contributed by atoms with Gasteiger partial charge < -0.3 is 46.4 Å². The Hall–Kier alpha value is -0.500. The van der Waals surface area contributed by atoms with E-state index in [0.717, 1.165) is 5.01 Å². The summed E-state index contributed by atoms with van der Waals surface area (Å²) in [5.74, 6) is -2.23. The summed E-state index contributed by atoms with van der Waals surface area (Å²) in [7, 11) is 0. The van der Waals surface area contributed by atoms with Gasteiger partial charge in [-0.1, -0.05) is 0 Å². The van der Waals surface area contributed by atoms with Gasteiger partial charge in [0.2, 0.25) is 5.91 Å². The average molecular weight is 866 g/mol. The zero-order valence-electron chi connectivity index (χ0n) is 19.5. The highest BCUT2D eigenvalue weighted by Gasteiger charge is 2.33. The van der Waals surface area contributed by atoms with E-state index in [4.69, 9.17) is 0 Å². The molecule has 1 aromatic carbocycles. The molecule has 4 unspecified atom stereocenters. The summed E-state index contributed by atoms with van der Waals surface area (Å²) in [6.07, 6.45) is -2.97. The molecule has 10 N–H and O–H groups in total. The van der Waals surface area contributed by atoms with Gasteiger partial charge in [0.05, 0.1) is 81.3 Å². The van der Waals surface area contributed by atoms with Crippen molar-refractivity contribution in [2.75, 3.05) is 44.6 Å². The Morgan fingerprint density at radius 3 is 1.46 bits per heavy atom. The molecule has 0 bridgehead atoms. The highest BCUT2D eigenvalue weighted by molar-refractivity contribution is 14.1. The second kappa shape index (κ2) is 16.6. The van der Waals surface area contributed by atoms with Crippen LogP contribution < -0.4 is 21.1 Å². The van der Waals surface area contributed by atoms with Crippen molar-refractivity contribution < 1.29 is 50.1 Å². The summed E-state index contributed by atoms with van der Waals surface area (Å²) >= 11 is 5.33. The van der Waals surface area contributed by atoms with Crippen LogP contribution in [0.1, 0.15) is 27.6 Å². The number of carbonyl (C=O) groups is 3. The molecule has 1 aromatic rings. The molecular formula is C20H29I3N4O10. The van der Waals surface area contributed by atoms with E-state index in [1.54, 1.807) is 67.8 Å². The zero-order valence-corrected chi connectivity index (χ0v) is 26.0. The van der Waals surface area contributed by atoms with Gasteiger partial charge >= 0.3 is 0 Å². The van der Waals surface area contributed by atoms with Gasteiger partial charge in [-0.05, 0) is 67.8 Å². The van der Waals surface area contributed by atoms with E-state index in [0.29, 0.717) is 0 Å². The molecule has 37 heavy (non-hydrogen) atoms. The van der Waals surface area contributed by atoms with Crippen LogP contribution in [0.3, 0.4) is 0 Å². The molecule has 210 valence electrons. The molecule has 0 aromatic heterocycles. The zero-order chi connectivity index (χ0) is 28.4. The van der Waals surface area contributed by atoms with E-state index in [1.807, 2.05) is 0 Å². The normalized spacial score (nSPS) is 14.5. The second-order valence-electron chi connectivity index (χ2n) is 7.55. The molecule has 1 rings (SSSR count). The molecule has 0 aliphatic carbocycles. The summed E-state index contributed by atoms with van der Waals surface area (Å²) in [6, 6.07) is -2.50.